The molecule has 0 saturated carbocycles. The van der Waals surface area contributed by atoms with Crippen LogP contribution in [0.25, 0.3) is 0 Å². The van der Waals surface area contributed by atoms with Gasteiger partial charge in [-0.25, -0.2) is 0 Å². The van der Waals surface area contributed by atoms with E-state index in [-0.39, 0.29) is 11.9 Å². The van der Waals surface area contributed by atoms with Gasteiger partial charge in [0.05, 0.1) is 12.5 Å². The quantitative estimate of drug-likeness (QED) is 0.565. The van der Waals surface area contributed by atoms with E-state index in [1.54, 1.807) is 4.90 Å². The third-order valence-electron chi connectivity index (χ3n) is 6.21. The first-order valence-corrected chi connectivity index (χ1v) is 11.6. The molecule has 3 aromatic carbocycles. The number of nitrogens with zero attached hydrogens (tertiary/aromatic N) is 1. The number of carbonyl (C=O) groups excluding carboxylic acids is 2. The predicted octanol–water partition coefficient (Wildman–Crippen LogP) is 3.30. The number of likely N-dealkylation sites (tertiary alicyclic amines) is 1. The van der Waals surface area contributed by atoms with Gasteiger partial charge in [-0.15, -0.1) is 0 Å². The Hall–Kier alpha value is -3.88. The van der Waals surface area contributed by atoms with Gasteiger partial charge in [-0.05, 0) is 36.1 Å². The Balaban J connectivity index is 1.47. The number of amides is 2. The maximum absolute atomic E-state index is 13.8. The highest BCUT2D eigenvalue weighted by atomic mass is 16.2. The molecular formula is C29H29N3O2. The predicted molar refractivity (Wildman–Crippen MR) is 134 cm³/mol. The molecule has 172 valence electrons. The second-order valence-corrected chi connectivity index (χ2v) is 8.47. The molecule has 5 heteroatoms. The van der Waals surface area contributed by atoms with Gasteiger partial charge < -0.3 is 16.0 Å². The number of nitrogens with two attached hydrogens (primary N) is 1. The zero-order valence-electron chi connectivity index (χ0n) is 19.1. The molecule has 1 aliphatic heterocycles. The second kappa shape index (κ2) is 11.3. The molecule has 1 fully saturated rings. The Morgan fingerprint density at radius 2 is 1.47 bits per heavy atom. The number of piperidine rings is 1. The first-order chi connectivity index (χ1) is 16.6. The van der Waals surface area contributed by atoms with Crippen LogP contribution in [0.15, 0.2) is 91.0 Å². The molecule has 0 aliphatic carbocycles. The molecule has 4 rings (SSSR count). The Labute approximate surface area is 201 Å². The summed E-state index contributed by atoms with van der Waals surface area (Å²) in [4.78, 5) is 27.9. The Bertz CT molecular complexity index is 1110. The van der Waals surface area contributed by atoms with Gasteiger partial charge in [0.1, 0.15) is 6.04 Å². The van der Waals surface area contributed by atoms with Gasteiger partial charge in [-0.1, -0.05) is 90.7 Å². The number of hydrogen-bond donors (Lipinski definition) is 2. The van der Waals surface area contributed by atoms with E-state index in [4.69, 9.17) is 5.73 Å². The highest BCUT2D eigenvalue weighted by Gasteiger charge is 2.38. The van der Waals surface area contributed by atoms with Crippen LogP contribution in [0.3, 0.4) is 0 Å². The van der Waals surface area contributed by atoms with E-state index in [0.29, 0.717) is 19.5 Å². The minimum absolute atomic E-state index is 0.0681. The van der Waals surface area contributed by atoms with Gasteiger partial charge in [-0.2, -0.15) is 0 Å². The summed E-state index contributed by atoms with van der Waals surface area (Å²) in [7, 11) is 0. The Morgan fingerprint density at radius 3 is 2.03 bits per heavy atom. The van der Waals surface area contributed by atoms with Crippen molar-refractivity contribution >= 4 is 11.8 Å². The molecule has 34 heavy (non-hydrogen) atoms. The van der Waals surface area contributed by atoms with Crippen molar-refractivity contribution in [3.8, 4) is 11.8 Å². The lowest BCUT2D eigenvalue weighted by atomic mass is 9.87. The van der Waals surface area contributed by atoms with E-state index < -0.39 is 17.9 Å². The molecule has 0 unspecified atom stereocenters. The molecule has 2 atom stereocenters. The summed E-state index contributed by atoms with van der Waals surface area (Å²) in [6.45, 7) is 0.974. The molecule has 2 amide bonds. The summed E-state index contributed by atoms with van der Waals surface area (Å²) in [6.07, 6.45) is 1.21. The van der Waals surface area contributed by atoms with E-state index >= 15 is 0 Å². The van der Waals surface area contributed by atoms with Crippen molar-refractivity contribution < 1.29 is 9.59 Å². The van der Waals surface area contributed by atoms with E-state index in [2.05, 4.69) is 17.2 Å². The normalized spacial score (nSPS) is 17.6. The lowest BCUT2D eigenvalue weighted by Gasteiger charge is -2.39. The van der Waals surface area contributed by atoms with E-state index in [1.165, 1.54) is 0 Å². The van der Waals surface area contributed by atoms with Crippen LogP contribution < -0.4 is 11.1 Å². The van der Waals surface area contributed by atoms with Crippen LogP contribution in [0.2, 0.25) is 0 Å². The molecule has 0 radical (unpaired) electrons. The summed E-state index contributed by atoms with van der Waals surface area (Å²) < 4.78 is 0. The molecule has 0 aromatic heterocycles. The van der Waals surface area contributed by atoms with Crippen LogP contribution in [0, 0.1) is 11.8 Å². The summed E-state index contributed by atoms with van der Waals surface area (Å²) in [5.74, 6) is 5.21. The topological polar surface area (TPSA) is 75.4 Å². The summed E-state index contributed by atoms with van der Waals surface area (Å²) in [5.41, 5.74) is 8.55. The number of benzene rings is 3. The van der Waals surface area contributed by atoms with Crippen LogP contribution in [0.5, 0.6) is 0 Å². The lowest BCUT2D eigenvalue weighted by molar-refractivity contribution is -0.142. The number of rotatable bonds is 6. The molecule has 3 aromatic rings. The van der Waals surface area contributed by atoms with E-state index in [9.17, 15) is 9.59 Å². The molecular weight excluding hydrogens is 422 g/mol. The fraction of sp³-hybridized carbons (Fsp3) is 0.241. The fourth-order valence-corrected chi connectivity index (χ4v) is 4.48. The van der Waals surface area contributed by atoms with Crippen molar-refractivity contribution in [3.05, 3.63) is 108 Å². The average Bonchev–Trinajstić information content (AvgIpc) is 2.88. The van der Waals surface area contributed by atoms with Gasteiger partial charge in [0.2, 0.25) is 11.8 Å². The maximum Gasteiger partial charge on any atom is 0.240 e. The monoisotopic (exact) mass is 451 g/mol. The molecule has 0 bridgehead atoms. The number of primary amides is 1. The van der Waals surface area contributed by atoms with Crippen LogP contribution in [-0.2, 0) is 9.59 Å². The fourth-order valence-electron chi connectivity index (χ4n) is 4.48. The maximum atomic E-state index is 13.8. The van der Waals surface area contributed by atoms with Crippen molar-refractivity contribution in [3.63, 3.8) is 0 Å². The SMILES string of the molecule is NC(=O)[C@@H]1C[C@H](NCC#Cc2ccccc2)CCN1C(=O)C(c1ccccc1)c1ccccc1. The van der Waals surface area contributed by atoms with Crippen molar-refractivity contribution in [1.82, 2.24) is 10.2 Å². The van der Waals surface area contributed by atoms with Crippen molar-refractivity contribution in [1.29, 1.82) is 0 Å². The van der Waals surface area contributed by atoms with E-state index in [1.807, 2.05) is 91.0 Å². The van der Waals surface area contributed by atoms with Crippen LogP contribution in [0.1, 0.15) is 35.4 Å². The Kier molecular flexibility index (Phi) is 7.75. The second-order valence-electron chi connectivity index (χ2n) is 8.47. The highest BCUT2D eigenvalue weighted by Crippen LogP contribution is 2.30. The first-order valence-electron chi connectivity index (χ1n) is 11.6. The number of nitrogens with one attached hydrogen (secondary N) is 1. The molecule has 5 nitrogen and oxygen atoms in total. The summed E-state index contributed by atoms with van der Waals surface area (Å²) in [6, 6.07) is 28.6. The standard InChI is InChI=1S/C29H29N3O2/c30-28(33)26-21-25(31-19-10-13-22-11-4-1-5-12-22)18-20-32(26)29(34)27(23-14-6-2-7-15-23)24-16-8-3-9-17-24/h1-9,11-12,14-17,25-27,31H,18-21H2,(H2,30,33)/t25-,26+/m1/s1. The third kappa shape index (κ3) is 5.72. The number of hydrogen-bond acceptors (Lipinski definition) is 3. The smallest absolute Gasteiger partial charge is 0.240 e. The zero-order valence-corrected chi connectivity index (χ0v) is 19.1. The van der Waals surface area contributed by atoms with Crippen LogP contribution in [-0.4, -0.2) is 41.9 Å². The largest absolute Gasteiger partial charge is 0.368 e. The number of carbonyl (C=O) groups is 2. The first kappa shape index (κ1) is 23.3. The average molecular weight is 452 g/mol. The molecule has 1 heterocycles. The van der Waals surface area contributed by atoms with E-state index in [0.717, 1.165) is 23.1 Å². The molecule has 1 aliphatic rings. The van der Waals surface area contributed by atoms with Gasteiger partial charge in [0.15, 0.2) is 0 Å². The van der Waals surface area contributed by atoms with Gasteiger partial charge >= 0.3 is 0 Å². The van der Waals surface area contributed by atoms with Gasteiger partial charge in [-0.3, -0.25) is 9.59 Å². The van der Waals surface area contributed by atoms with Gasteiger partial charge in [0.25, 0.3) is 0 Å². The summed E-state index contributed by atoms with van der Waals surface area (Å²) in [5, 5.41) is 3.41. The van der Waals surface area contributed by atoms with Crippen molar-refractivity contribution in [2.75, 3.05) is 13.1 Å². The minimum atomic E-state index is -0.657. The van der Waals surface area contributed by atoms with Crippen molar-refractivity contribution in [2.45, 2.75) is 30.8 Å². The summed E-state index contributed by atoms with van der Waals surface area (Å²) >= 11 is 0. The van der Waals surface area contributed by atoms with Crippen LogP contribution >= 0.6 is 0 Å². The van der Waals surface area contributed by atoms with Crippen molar-refractivity contribution in [2.24, 2.45) is 5.73 Å². The molecule has 3 N–H and O–H groups in total. The molecule has 1 saturated heterocycles. The Morgan fingerprint density at radius 1 is 0.912 bits per heavy atom. The van der Waals surface area contributed by atoms with Crippen LogP contribution in [0.4, 0.5) is 0 Å². The highest BCUT2D eigenvalue weighted by molar-refractivity contribution is 5.92. The lowest BCUT2D eigenvalue weighted by Crippen LogP contribution is -2.57. The molecule has 0 spiro atoms. The van der Waals surface area contributed by atoms with Gasteiger partial charge in [0, 0.05) is 18.2 Å². The third-order valence-corrected chi connectivity index (χ3v) is 6.21. The zero-order chi connectivity index (χ0) is 23.8. The minimum Gasteiger partial charge on any atom is -0.368 e.